The topological polar surface area (TPSA) is 49.4 Å². The van der Waals surface area contributed by atoms with Crippen molar-refractivity contribution >= 4 is 27.7 Å². The molecule has 1 aromatic carbocycles. The van der Waals surface area contributed by atoms with Crippen molar-refractivity contribution in [1.29, 1.82) is 0 Å². The van der Waals surface area contributed by atoms with E-state index in [4.69, 9.17) is 0 Å². The van der Waals surface area contributed by atoms with Crippen LogP contribution in [-0.4, -0.2) is 36.3 Å². The van der Waals surface area contributed by atoms with Crippen LogP contribution < -0.4 is 5.32 Å². The van der Waals surface area contributed by atoms with E-state index in [9.17, 15) is 9.59 Å². The molecule has 1 heterocycles. The van der Waals surface area contributed by atoms with Gasteiger partial charge in [0.25, 0.3) is 5.91 Å². The molecule has 0 spiro atoms. The normalized spacial score (nSPS) is 16.1. The maximum Gasteiger partial charge on any atom is 0.254 e. The van der Waals surface area contributed by atoms with Crippen molar-refractivity contribution in [3.63, 3.8) is 0 Å². The Hall–Kier alpha value is -1.36. The van der Waals surface area contributed by atoms with Crippen molar-refractivity contribution in [1.82, 2.24) is 10.2 Å². The average molecular weight is 311 g/mol. The number of carbonyl (C=O) groups is 2. The highest BCUT2D eigenvalue weighted by Crippen LogP contribution is 2.11. The average Bonchev–Trinajstić information content (AvgIpc) is 2.63. The van der Waals surface area contributed by atoms with E-state index < -0.39 is 0 Å². The second-order valence-corrected chi connectivity index (χ2v) is 4.82. The lowest BCUT2D eigenvalue weighted by Crippen LogP contribution is -2.37. The summed E-state index contributed by atoms with van der Waals surface area (Å²) in [5, 5.41) is 3.53. The van der Waals surface area contributed by atoms with E-state index in [1.807, 2.05) is 24.3 Å². The highest BCUT2D eigenvalue weighted by molar-refractivity contribution is 9.08. The lowest BCUT2D eigenvalue weighted by atomic mass is 10.1. The zero-order valence-corrected chi connectivity index (χ0v) is 11.6. The van der Waals surface area contributed by atoms with E-state index in [1.54, 1.807) is 4.90 Å². The number of halogens is 1. The van der Waals surface area contributed by atoms with Crippen molar-refractivity contribution in [2.75, 3.05) is 19.6 Å². The summed E-state index contributed by atoms with van der Waals surface area (Å²) in [6.07, 6.45) is 0.803. The highest BCUT2D eigenvalue weighted by atomic mass is 79.9. The van der Waals surface area contributed by atoms with Crippen LogP contribution in [0.3, 0.4) is 0 Å². The molecule has 0 saturated carbocycles. The van der Waals surface area contributed by atoms with Crippen LogP contribution >= 0.6 is 15.9 Å². The Morgan fingerprint density at radius 1 is 1.33 bits per heavy atom. The Labute approximate surface area is 114 Å². The lowest BCUT2D eigenvalue weighted by molar-refractivity contribution is -0.121. The second kappa shape index (κ2) is 6.00. The van der Waals surface area contributed by atoms with Crippen LogP contribution in [0.4, 0.5) is 0 Å². The third-order valence-corrected chi connectivity index (χ3v) is 3.55. The molecule has 0 atom stereocenters. The molecule has 0 unspecified atom stereocenters. The van der Waals surface area contributed by atoms with Crippen molar-refractivity contribution in [3.8, 4) is 0 Å². The molecule has 1 saturated heterocycles. The number of benzene rings is 1. The molecule has 0 radical (unpaired) electrons. The van der Waals surface area contributed by atoms with Crippen LogP contribution in [0.15, 0.2) is 24.3 Å². The van der Waals surface area contributed by atoms with Gasteiger partial charge >= 0.3 is 0 Å². The standard InChI is InChI=1S/C13H15BrN2O2/c14-8-10-2-4-11(5-3-10)13(18)16-7-1-6-15-12(17)9-16/h2-5H,1,6-9H2,(H,15,17). The fraction of sp³-hybridized carbons (Fsp3) is 0.385. The molecule has 1 aliphatic heterocycles. The van der Waals surface area contributed by atoms with Crippen LogP contribution in [0, 0.1) is 0 Å². The first-order valence-corrected chi connectivity index (χ1v) is 7.04. The third-order valence-electron chi connectivity index (χ3n) is 2.90. The third kappa shape index (κ3) is 3.10. The maximum absolute atomic E-state index is 12.2. The van der Waals surface area contributed by atoms with Gasteiger partial charge in [-0.1, -0.05) is 28.1 Å². The van der Waals surface area contributed by atoms with Gasteiger partial charge in [0.2, 0.25) is 5.91 Å². The number of alkyl halides is 1. The first-order chi connectivity index (χ1) is 8.70. The van der Waals surface area contributed by atoms with E-state index >= 15 is 0 Å². The summed E-state index contributed by atoms with van der Waals surface area (Å²) in [4.78, 5) is 25.3. The summed E-state index contributed by atoms with van der Waals surface area (Å²) in [5.41, 5.74) is 1.76. The number of carbonyl (C=O) groups excluding carboxylic acids is 2. The Bertz CT molecular complexity index is 445. The van der Waals surface area contributed by atoms with E-state index in [-0.39, 0.29) is 18.4 Å². The monoisotopic (exact) mass is 310 g/mol. The number of amides is 2. The minimum atomic E-state index is -0.0853. The van der Waals surface area contributed by atoms with Crippen LogP contribution in [0.2, 0.25) is 0 Å². The molecule has 4 nitrogen and oxygen atoms in total. The van der Waals surface area contributed by atoms with Crippen LogP contribution in [0.5, 0.6) is 0 Å². The maximum atomic E-state index is 12.2. The predicted molar refractivity (Wildman–Crippen MR) is 72.6 cm³/mol. The molecular weight excluding hydrogens is 296 g/mol. The second-order valence-electron chi connectivity index (χ2n) is 4.26. The summed E-state index contributed by atoms with van der Waals surface area (Å²) in [6.45, 7) is 1.42. The predicted octanol–water partition coefficient (Wildman–Crippen LogP) is 1.54. The molecule has 2 amide bonds. The molecule has 1 fully saturated rings. The van der Waals surface area contributed by atoms with Crippen molar-refractivity contribution in [2.45, 2.75) is 11.8 Å². The Balaban J connectivity index is 2.11. The van der Waals surface area contributed by atoms with Gasteiger partial charge < -0.3 is 10.2 Å². The quantitative estimate of drug-likeness (QED) is 0.843. The number of rotatable bonds is 2. The van der Waals surface area contributed by atoms with Gasteiger partial charge in [0.05, 0.1) is 6.54 Å². The van der Waals surface area contributed by atoms with Gasteiger partial charge in [0.1, 0.15) is 0 Å². The number of nitrogens with one attached hydrogen (secondary N) is 1. The molecule has 1 aliphatic rings. The zero-order chi connectivity index (χ0) is 13.0. The Kier molecular flexibility index (Phi) is 4.36. The summed E-state index contributed by atoms with van der Waals surface area (Å²) in [7, 11) is 0. The molecule has 0 aromatic heterocycles. The van der Waals surface area contributed by atoms with Crippen molar-refractivity contribution < 1.29 is 9.59 Å². The minimum absolute atomic E-state index is 0.0758. The van der Waals surface area contributed by atoms with Crippen LogP contribution in [0.1, 0.15) is 22.3 Å². The van der Waals surface area contributed by atoms with Crippen LogP contribution in [0.25, 0.3) is 0 Å². The summed E-state index contributed by atoms with van der Waals surface area (Å²) in [5.74, 6) is -0.161. The van der Waals surface area contributed by atoms with Gasteiger partial charge in [-0.3, -0.25) is 9.59 Å². The fourth-order valence-corrected chi connectivity index (χ4v) is 2.27. The smallest absolute Gasteiger partial charge is 0.254 e. The molecule has 0 bridgehead atoms. The number of nitrogens with zero attached hydrogens (tertiary/aromatic N) is 1. The van der Waals surface area contributed by atoms with Gasteiger partial charge in [0, 0.05) is 24.0 Å². The molecule has 1 N–H and O–H groups in total. The van der Waals surface area contributed by atoms with Gasteiger partial charge in [-0.05, 0) is 24.1 Å². The molecular formula is C13H15BrN2O2. The first-order valence-electron chi connectivity index (χ1n) is 5.91. The molecule has 2 rings (SSSR count). The van der Waals surface area contributed by atoms with E-state index in [0.717, 1.165) is 17.3 Å². The van der Waals surface area contributed by atoms with Gasteiger partial charge in [-0.2, -0.15) is 0 Å². The van der Waals surface area contributed by atoms with Gasteiger partial charge in [0.15, 0.2) is 0 Å². The number of hydrogen-bond donors (Lipinski definition) is 1. The van der Waals surface area contributed by atoms with Gasteiger partial charge in [-0.15, -0.1) is 0 Å². The van der Waals surface area contributed by atoms with Crippen LogP contribution in [-0.2, 0) is 10.1 Å². The van der Waals surface area contributed by atoms with Crippen molar-refractivity contribution in [3.05, 3.63) is 35.4 Å². The SMILES string of the molecule is O=C1CN(C(=O)c2ccc(CBr)cc2)CCCN1. The van der Waals surface area contributed by atoms with Crippen molar-refractivity contribution in [2.24, 2.45) is 0 Å². The molecule has 96 valence electrons. The summed E-state index contributed by atoms with van der Waals surface area (Å²) in [6, 6.07) is 7.45. The lowest BCUT2D eigenvalue weighted by Gasteiger charge is -2.19. The Morgan fingerprint density at radius 3 is 2.72 bits per heavy atom. The van der Waals surface area contributed by atoms with E-state index in [2.05, 4.69) is 21.2 Å². The highest BCUT2D eigenvalue weighted by Gasteiger charge is 2.20. The zero-order valence-electron chi connectivity index (χ0n) is 9.99. The molecule has 1 aromatic rings. The summed E-state index contributed by atoms with van der Waals surface area (Å²) < 4.78 is 0. The molecule has 5 heteroatoms. The van der Waals surface area contributed by atoms with Gasteiger partial charge in [-0.25, -0.2) is 0 Å². The Morgan fingerprint density at radius 2 is 2.06 bits per heavy atom. The van der Waals surface area contributed by atoms with E-state index in [0.29, 0.717) is 18.7 Å². The number of hydrogen-bond acceptors (Lipinski definition) is 2. The first kappa shape index (κ1) is 13.1. The summed E-state index contributed by atoms with van der Waals surface area (Å²) >= 11 is 3.37. The van der Waals surface area contributed by atoms with E-state index in [1.165, 1.54) is 0 Å². The fourth-order valence-electron chi connectivity index (χ4n) is 1.90. The molecule has 18 heavy (non-hydrogen) atoms. The minimum Gasteiger partial charge on any atom is -0.354 e. The molecule has 0 aliphatic carbocycles. The largest absolute Gasteiger partial charge is 0.354 e.